The quantitative estimate of drug-likeness (QED) is 0.248. The summed E-state index contributed by atoms with van der Waals surface area (Å²) >= 11 is 19.1. The molecule has 2 aromatic carbocycles. The first-order valence-electron chi connectivity index (χ1n) is 9.14. The monoisotopic (exact) mass is 528 g/mol. The van der Waals surface area contributed by atoms with Crippen LogP contribution in [0.5, 0.6) is 0 Å². The molecule has 10 nitrogen and oxygen atoms in total. The number of halogens is 3. The molecule has 0 radical (unpaired) electrons. The van der Waals surface area contributed by atoms with E-state index in [9.17, 15) is 19.7 Å². The number of carbonyl (C=O) groups excluding carboxylic acids is 2. The Labute approximate surface area is 206 Å². The summed E-state index contributed by atoms with van der Waals surface area (Å²) in [6, 6.07) is 8.64. The highest BCUT2D eigenvalue weighted by Gasteiger charge is 2.17. The first-order valence-corrected chi connectivity index (χ1v) is 11.3. The van der Waals surface area contributed by atoms with Crippen LogP contribution in [-0.4, -0.2) is 37.3 Å². The minimum Gasteiger partial charge on any atom is -0.324 e. The van der Waals surface area contributed by atoms with Crippen LogP contribution in [-0.2, 0) is 23.1 Å². The number of nitro groups is 1. The molecule has 2 amide bonds. The van der Waals surface area contributed by atoms with Gasteiger partial charge in [0.1, 0.15) is 5.82 Å². The van der Waals surface area contributed by atoms with Crippen LogP contribution in [0.25, 0.3) is 0 Å². The summed E-state index contributed by atoms with van der Waals surface area (Å²) in [5.41, 5.74) is 0.312. The van der Waals surface area contributed by atoms with E-state index < -0.39 is 10.8 Å². The van der Waals surface area contributed by atoms with E-state index in [1.165, 1.54) is 18.2 Å². The molecule has 0 aliphatic carbocycles. The van der Waals surface area contributed by atoms with Crippen molar-refractivity contribution in [2.24, 2.45) is 7.05 Å². The third-order valence-electron chi connectivity index (χ3n) is 4.24. The third-order valence-corrected chi connectivity index (χ3v) is 6.41. The lowest BCUT2D eigenvalue weighted by Gasteiger charge is -2.08. The SMILES string of the molecule is Cn1c(CC(=O)Nc2cccc(Cl)c2Cl)nnc1SCC(=O)Nc1cc([N+](=O)[O-])ccc1Cl. The van der Waals surface area contributed by atoms with Gasteiger partial charge in [-0.1, -0.05) is 52.6 Å². The normalized spacial score (nSPS) is 10.7. The molecule has 14 heteroatoms. The lowest BCUT2D eigenvalue weighted by Crippen LogP contribution is -2.17. The van der Waals surface area contributed by atoms with E-state index in [-0.39, 0.29) is 39.5 Å². The molecule has 0 fully saturated rings. The van der Waals surface area contributed by atoms with Crippen molar-refractivity contribution in [2.75, 3.05) is 16.4 Å². The fourth-order valence-corrected chi connectivity index (χ4v) is 3.84. The highest BCUT2D eigenvalue weighted by Crippen LogP contribution is 2.30. The number of thioether (sulfide) groups is 1. The van der Waals surface area contributed by atoms with Gasteiger partial charge in [-0.15, -0.1) is 10.2 Å². The molecular formula is C19H15Cl3N6O4S. The molecule has 1 heterocycles. The number of carbonyl (C=O) groups is 2. The molecular weight excluding hydrogens is 515 g/mol. The van der Waals surface area contributed by atoms with Gasteiger partial charge in [-0.25, -0.2) is 0 Å². The zero-order valence-electron chi connectivity index (χ0n) is 16.8. The van der Waals surface area contributed by atoms with Crippen LogP contribution in [0.4, 0.5) is 17.1 Å². The predicted molar refractivity (Wildman–Crippen MR) is 127 cm³/mol. The molecule has 0 spiro atoms. The van der Waals surface area contributed by atoms with Gasteiger partial charge >= 0.3 is 0 Å². The molecule has 0 aliphatic heterocycles. The third kappa shape index (κ3) is 6.35. The average molecular weight is 530 g/mol. The number of non-ortho nitro benzene ring substituents is 1. The number of hydrogen-bond donors (Lipinski definition) is 2. The summed E-state index contributed by atoms with van der Waals surface area (Å²) < 4.78 is 1.58. The zero-order chi connectivity index (χ0) is 24.1. The smallest absolute Gasteiger partial charge is 0.271 e. The van der Waals surface area contributed by atoms with Crippen LogP contribution in [0.3, 0.4) is 0 Å². The Hall–Kier alpha value is -2.86. The van der Waals surface area contributed by atoms with Crippen LogP contribution in [0.1, 0.15) is 5.82 Å². The van der Waals surface area contributed by atoms with E-state index in [2.05, 4.69) is 20.8 Å². The summed E-state index contributed by atoms with van der Waals surface area (Å²) in [4.78, 5) is 34.9. The van der Waals surface area contributed by atoms with Crippen LogP contribution in [0.2, 0.25) is 15.1 Å². The first kappa shape index (κ1) is 24.8. The summed E-state index contributed by atoms with van der Waals surface area (Å²) in [6.45, 7) is 0. The second-order valence-corrected chi connectivity index (χ2v) is 8.68. The van der Waals surface area contributed by atoms with Crippen molar-refractivity contribution in [3.05, 3.63) is 67.4 Å². The van der Waals surface area contributed by atoms with Gasteiger partial charge in [0.25, 0.3) is 5.69 Å². The lowest BCUT2D eigenvalue weighted by molar-refractivity contribution is -0.384. The Kier molecular flexibility index (Phi) is 8.14. The van der Waals surface area contributed by atoms with Gasteiger partial charge in [-0.3, -0.25) is 19.7 Å². The zero-order valence-corrected chi connectivity index (χ0v) is 19.9. The Morgan fingerprint density at radius 3 is 2.52 bits per heavy atom. The Balaban J connectivity index is 1.58. The number of hydrogen-bond acceptors (Lipinski definition) is 7. The molecule has 0 bridgehead atoms. The van der Waals surface area contributed by atoms with E-state index in [0.29, 0.717) is 21.7 Å². The van der Waals surface area contributed by atoms with Gasteiger partial charge in [0.05, 0.1) is 43.5 Å². The molecule has 1 aromatic heterocycles. The molecule has 0 saturated heterocycles. The molecule has 3 aromatic rings. The lowest BCUT2D eigenvalue weighted by atomic mass is 10.3. The number of anilines is 2. The number of nitrogens with one attached hydrogen (secondary N) is 2. The predicted octanol–water partition coefficient (Wildman–Crippen LogP) is 4.60. The minimum absolute atomic E-state index is 0.0602. The standard InChI is InChI=1S/C19H15Cl3N6O4S/c1-27-15(8-16(29)23-13-4-2-3-12(21)18(13)22)25-26-19(27)33-9-17(30)24-14-7-10(28(31)32)5-6-11(14)20/h2-7H,8-9H2,1H3,(H,23,29)(H,24,30). The Bertz CT molecular complexity index is 1240. The highest BCUT2D eigenvalue weighted by molar-refractivity contribution is 7.99. The van der Waals surface area contributed by atoms with Crippen molar-refractivity contribution in [1.29, 1.82) is 0 Å². The Morgan fingerprint density at radius 2 is 1.79 bits per heavy atom. The van der Waals surface area contributed by atoms with Crippen molar-refractivity contribution in [3.8, 4) is 0 Å². The van der Waals surface area contributed by atoms with Gasteiger partial charge in [0, 0.05) is 19.2 Å². The van der Waals surface area contributed by atoms with Crippen molar-refractivity contribution < 1.29 is 14.5 Å². The molecule has 0 aliphatic rings. The summed E-state index contributed by atoms with van der Waals surface area (Å²) in [5, 5.41) is 25.2. The number of amides is 2. The number of rotatable bonds is 8. The number of aromatic nitrogens is 3. The maximum atomic E-state index is 12.4. The molecule has 0 atom stereocenters. The summed E-state index contributed by atoms with van der Waals surface area (Å²) in [7, 11) is 1.66. The average Bonchev–Trinajstić information content (AvgIpc) is 3.10. The first-order chi connectivity index (χ1) is 15.7. The molecule has 33 heavy (non-hydrogen) atoms. The van der Waals surface area contributed by atoms with E-state index in [4.69, 9.17) is 34.8 Å². The van der Waals surface area contributed by atoms with E-state index in [0.717, 1.165) is 11.8 Å². The second kappa shape index (κ2) is 10.8. The molecule has 0 saturated carbocycles. The topological polar surface area (TPSA) is 132 Å². The van der Waals surface area contributed by atoms with Crippen LogP contribution in [0.15, 0.2) is 41.6 Å². The van der Waals surface area contributed by atoms with Crippen molar-refractivity contribution in [3.63, 3.8) is 0 Å². The number of nitrogens with zero attached hydrogens (tertiary/aromatic N) is 4. The Morgan fingerprint density at radius 1 is 1.06 bits per heavy atom. The largest absolute Gasteiger partial charge is 0.324 e. The fraction of sp³-hybridized carbons (Fsp3) is 0.158. The van der Waals surface area contributed by atoms with Gasteiger partial charge in [0.15, 0.2) is 5.16 Å². The molecule has 3 rings (SSSR count). The van der Waals surface area contributed by atoms with Crippen molar-refractivity contribution in [1.82, 2.24) is 14.8 Å². The fourth-order valence-electron chi connectivity index (χ4n) is 2.60. The van der Waals surface area contributed by atoms with Gasteiger partial charge < -0.3 is 15.2 Å². The van der Waals surface area contributed by atoms with Crippen LogP contribution >= 0.6 is 46.6 Å². The van der Waals surface area contributed by atoms with Gasteiger partial charge in [-0.2, -0.15) is 0 Å². The minimum atomic E-state index is -0.585. The van der Waals surface area contributed by atoms with Crippen LogP contribution in [0, 0.1) is 10.1 Å². The van der Waals surface area contributed by atoms with E-state index in [1.807, 2.05) is 0 Å². The number of benzene rings is 2. The molecule has 172 valence electrons. The van der Waals surface area contributed by atoms with Gasteiger partial charge in [-0.05, 0) is 18.2 Å². The summed E-state index contributed by atoms with van der Waals surface area (Å²) in [5.74, 6) is -0.505. The molecule has 0 unspecified atom stereocenters. The second-order valence-electron chi connectivity index (χ2n) is 6.54. The molecule has 2 N–H and O–H groups in total. The van der Waals surface area contributed by atoms with Crippen molar-refractivity contribution >= 4 is 75.4 Å². The number of nitro benzene ring substituents is 1. The maximum absolute atomic E-state index is 12.4. The van der Waals surface area contributed by atoms with E-state index >= 15 is 0 Å². The van der Waals surface area contributed by atoms with Gasteiger partial charge in [0.2, 0.25) is 11.8 Å². The summed E-state index contributed by atoms with van der Waals surface area (Å²) in [6.07, 6.45) is -0.0810. The van der Waals surface area contributed by atoms with Crippen LogP contribution < -0.4 is 10.6 Å². The van der Waals surface area contributed by atoms with E-state index in [1.54, 1.807) is 29.8 Å². The van der Waals surface area contributed by atoms with Crippen molar-refractivity contribution in [2.45, 2.75) is 11.6 Å². The highest BCUT2D eigenvalue weighted by atomic mass is 35.5. The maximum Gasteiger partial charge on any atom is 0.271 e.